The molecule has 1 aromatic carbocycles. The summed E-state index contributed by atoms with van der Waals surface area (Å²) in [4.78, 5) is 10.1. The second-order valence-corrected chi connectivity index (χ2v) is 7.81. The Kier molecular flexibility index (Phi) is 7.90. The molecule has 32 heavy (non-hydrogen) atoms. The van der Waals surface area contributed by atoms with Crippen molar-refractivity contribution in [3.63, 3.8) is 0 Å². The topological polar surface area (TPSA) is 53.1 Å². The minimum Gasteiger partial charge on any atom is -0.380 e. The minimum atomic E-state index is -4.33. The third kappa shape index (κ3) is 5.88. The van der Waals surface area contributed by atoms with Crippen LogP contribution in [0.1, 0.15) is 32.8 Å². The molecule has 1 unspecified atom stereocenters. The van der Waals surface area contributed by atoms with Crippen LogP contribution in [0.25, 0.3) is 11.0 Å². The molecule has 1 saturated heterocycles. The molecule has 0 aliphatic carbocycles. The second kappa shape index (κ2) is 10.6. The number of benzene rings is 1. The third-order valence-electron chi connectivity index (χ3n) is 5.60. The Morgan fingerprint density at radius 3 is 2.66 bits per heavy atom. The van der Waals surface area contributed by atoms with Gasteiger partial charge in [0.25, 0.3) is 0 Å². The monoisotopic (exact) mass is 445 g/mol. The molecule has 2 heterocycles. The molecule has 0 radical (unpaired) electrons. The van der Waals surface area contributed by atoms with Gasteiger partial charge in [0.15, 0.2) is 0 Å². The van der Waals surface area contributed by atoms with Crippen molar-refractivity contribution in [3.05, 3.63) is 71.4 Å². The molecule has 3 rings (SSSR count). The fourth-order valence-corrected chi connectivity index (χ4v) is 3.62. The maximum absolute atomic E-state index is 13.8. The largest absolute Gasteiger partial charge is 0.409 e. The van der Waals surface area contributed by atoms with Gasteiger partial charge in [-0.15, -0.1) is 0 Å². The molecular weight excluding hydrogens is 415 g/mol. The van der Waals surface area contributed by atoms with E-state index in [4.69, 9.17) is 0 Å². The van der Waals surface area contributed by atoms with E-state index >= 15 is 0 Å². The van der Waals surface area contributed by atoms with Crippen LogP contribution >= 0.6 is 0 Å². The smallest absolute Gasteiger partial charge is 0.380 e. The number of hydrogen-bond donors (Lipinski definition) is 2. The lowest BCUT2D eigenvalue weighted by Crippen LogP contribution is -2.57. The standard InChI is InChI=1S/C24H30F3N5/c1-4-17(3)6-9-22(32-13-12-28-16-23(32)24(25,26)27)19(5-2)31-15-18-7-8-20-21(14-18)30-11-10-29-20/h5-11,14,23,28,31H,4,12-13,15-16H2,1-3H3/b17-6+,19-5+,22-9+. The zero-order valence-electron chi connectivity index (χ0n) is 18.7. The number of halogens is 3. The first kappa shape index (κ1) is 23.8. The first-order valence-corrected chi connectivity index (χ1v) is 10.8. The van der Waals surface area contributed by atoms with E-state index in [0.717, 1.165) is 28.6 Å². The van der Waals surface area contributed by atoms with Gasteiger partial charge in [0, 0.05) is 38.6 Å². The minimum absolute atomic E-state index is 0.127. The Bertz CT molecular complexity index is 1010. The van der Waals surface area contributed by atoms with Gasteiger partial charge in [-0.2, -0.15) is 13.2 Å². The van der Waals surface area contributed by atoms with Gasteiger partial charge in [-0.1, -0.05) is 30.7 Å². The van der Waals surface area contributed by atoms with E-state index in [0.29, 0.717) is 24.5 Å². The first-order chi connectivity index (χ1) is 15.3. The van der Waals surface area contributed by atoms with Gasteiger partial charge in [-0.3, -0.25) is 9.97 Å². The number of rotatable bonds is 7. The van der Waals surface area contributed by atoms with Gasteiger partial charge in [-0.25, -0.2) is 0 Å². The molecule has 0 spiro atoms. The van der Waals surface area contributed by atoms with Crippen LogP contribution in [0, 0.1) is 0 Å². The van der Waals surface area contributed by atoms with Gasteiger partial charge in [0.1, 0.15) is 6.04 Å². The first-order valence-electron chi connectivity index (χ1n) is 10.8. The van der Waals surface area contributed by atoms with E-state index in [9.17, 15) is 13.2 Å². The fourth-order valence-electron chi connectivity index (χ4n) is 3.62. The van der Waals surface area contributed by atoms with Crippen LogP contribution in [0.3, 0.4) is 0 Å². The summed E-state index contributed by atoms with van der Waals surface area (Å²) in [6, 6.07) is 4.21. The Morgan fingerprint density at radius 1 is 1.22 bits per heavy atom. The van der Waals surface area contributed by atoms with Crippen LogP contribution in [0.4, 0.5) is 13.2 Å². The Balaban J connectivity index is 1.89. The summed E-state index contributed by atoms with van der Waals surface area (Å²) in [5.41, 5.74) is 4.88. The quantitative estimate of drug-likeness (QED) is 0.605. The number of alkyl halides is 3. The lowest BCUT2D eigenvalue weighted by molar-refractivity contribution is -0.181. The van der Waals surface area contributed by atoms with Gasteiger partial charge >= 0.3 is 6.18 Å². The normalized spacial score (nSPS) is 18.9. The average molecular weight is 446 g/mol. The molecule has 1 aromatic heterocycles. The zero-order chi connectivity index (χ0) is 23.1. The van der Waals surface area contributed by atoms with Crippen LogP contribution in [0.2, 0.25) is 0 Å². The van der Waals surface area contributed by atoms with Gasteiger partial charge in [0.05, 0.1) is 22.4 Å². The number of fused-ring (bicyclic) bond motifs is 1. The Hall–Kier alpha value is -2.87. The van der Waals surface area contributed by atoms with E-state index in [1.54, 1.807) is 18.5 Å². The molecule has 0 saturated carbocycles. The van der Waals surface area contributed by atoms with E-state index in [1.165, 1.54) is 4.90 Å². The van der Waals surface area contributed by atoms with Crippen LogP contribution < -0.4 is 10.6 Å². The number of allylic oxidation sites excluding steroid dienone is 4. The highest BCUT2D eigenvalue weighted by Gasteiger charge is 2.45. The van der Waals surface area contributed by atoms with Crippen molar-refractivity contribution in [1.82, 2.24) is 25.5 Å². The maximum atomic E-state index is 13.8. The summed E-state index contributed by atoms with van der Waals surface area (Å²) < 4.78 is 41.4. The molecule has 1 aliphatic rings. The lowest BCUT2D eigenvalue weighted by atomic mass is 10.1. The van der Waals surface area contributed by atoms with E-state index in [-0.39, 0.29) is 13.1 Å². The SMILES string of the molecule is C\C=C(NCc1ccc2nccnc2c1)/C(=C\C=C(/C)CC)N1CCNCC1C(F)(F)F. The molecule has 2 aromatic rings. The van der Waals surface area contributed by atoms with Crippen LogP contribution in [-0.2, 0) is 6.54 Å². The van der Waals surface area contributed by atoms with Gasteiger partial charge in [0.2, 0.25) is 0 Å². The van der Waals surface area contributed by atoms with Crippen LogP contribution in [0.15, 0.2) is 65.8 Å². The zero-order valence-corrected chi connectivity index (χ0v) is 18.7. The number of piperazine rings is 1. The molecule has 5 nitrogen and oxygen atoms in total. The number of hydrogen-bond acceptors (Lipinski definition) is 5. The van der Waals surface area contributed by atoms with Crippen LogP contribution in [0.5, 0.6) is 0 Å². The second-order valence-electron chi connectivity index (χ2n) is 7.81. The van der Waals surface area contributed by atoms with Crippen LogP contribution in [-0.4, -0.2) is 46.7 Å². The van der Waals surface area contributed by atoms with Crippen molar-refractivity contribution in [2.75, 3.05) is 19.6 Å². The van der Waals surface area contributed by atoms with Gasteiger partial charge in [-0.05, 0) is 44.0 Å². The number of nitrogens with zero attached hydrogens (tertiary/aromatic N) is 3. The van der Waals surface area contributed by atoms with Crippen molar-refractivity contribution < 1.29 is 13.2 Å². The molecule has 1 atom stereocenters. The fraction of sp³-hybridized carbons (Fsp3) is 0.417. The highest BCUT2D eigenvalue weighted by molar-refractivity contribution is 5.74. The highest BCUT2D eigenvalue weighted by Crippen LogP contribution is 2.30. The summed E-state index contributed by atoms with van der Waals surface area (Å²) in [5.74, 6) is 0. The summed E-state index contributed by atoms with van der Waals surface area (Å²) in [6.45, 7) is 6.95. The molecule has 0 amide bonds. The maximum Gasteiger partial charge on any atom is 0.409 e. The number of nitrogens with one attached hydrogen (secondary N) is 2. The molecule has 2 N–H and O–H groups in total. The molecule has 8 heteroatoms. The lowest BCUT2D eigenvalue weighted by Gasteiger charge is -2.41. The molecular formula is C24H30F3N5. The Morgan fingerprint density at radius 2 is 1.97 bits per heavy atom. The van der Waals surface area contributed by atoms with Gasteiger partial charge < -0.3 is 15.5 Å². The summed E-state index contributed by atoms with van der Waals surface area (Å²) in [5, 5.41) is 6.22. The number of aromatic nitrogens is 2. The van der Waals surface area contributed by atoms with E-state index < -0.39 is 12.2 Å². The summed E-state index contributed by atoms with van der Waals surface area (Å²) in [6.07, 6.45) is 5.33. The molecule has 0 bridgehead atoms. The van der Waals surface area contributed by atoms with Crippen molar-refractivity contribution in [1.29, 1.82) is 0 Å². The average Bonchev–Trinajstić information content (AvgIpc) is 2.80. The molecule has 1 aliphatic heterocycles. The van der Waals surface area contributed by atoms with Crippen molar-refractivity contribution in [2.24, 2.45) is 0 Å². The highest BCUT2D eigenvalue weighted by atomic mass is 19.4. The van der Waals surface area contributed by atoms with Crippen molar-refractivity contribution in [3.8, 4) is 0 Å². The third-order valence-corrected chi connectivity index (χ3v) is 5.60. The van der Waals surface area contributed by atoms with Crippen molar-refractivity contribution >= 4 is 11.0 Å². The molecule has 172 valence electrons. The predicted octanol–water partition coefficient (Wildman–Crippen LogP) is 4.70. The molecule has 1 fully saturated rings. The van der Waals surface area contributed by atoms with Crippen molar-refractivity contribution in [2.45, 2.75) is 46.0 Å². The predicted molar refractivity (Wildman–Crippen MR) is 122 cm³/mol. The van der Waals surface area contributed by atoms with E-state index in [2.05, 4.69) is 20.6 Å². The van der Waals surface area contributed by atoms with E-state index in [1.807, 2.05) is 51.1 Å². The summed E-state index contributed by atoms with van der Waals surface area (Å²) >= 11 is 0. The summed E-state index contributed by atoms with van der Waals surface area (Å²) in [7, 11) is 0. The Labute approximate surface area is 187 Å².